The maximum atomic E-state index is 12.4. The zero-order valence-corrected chi connectivity index (χ0v) is 15.1. The number of hydrogen-bond donors (Lipinski definition) is 0. The molecule has 2 aromatic carbocycles. The Morgan fingerprint density at radius 3 is 2.77 bits per heavy atom. The Hall–Kier alpha value is -2.66. The molecule has 2 heterocycles. The highest BCUT2D eigenvalue weighted by Gasteiger charge is 2.36. The lowest BCUT2D eigenvalue weighted by molar-refractivity contribution is -0.129. The van der Waals surface area contributed by atoms with Gasteiger partial charge in [0.15, 0.2) is 0 Å². The van der Waals surface area contributed by atoms with Crippen LogP contribution in [0.3, 0.4) is 0 Å². The zero-order chi connectivity index (χ0) is 18.1. The summed E-state index contributed by atoms with van der Waals surface area (Å²) in [6.07, 6.45) is 1.13. The van der Waals surface area contributed by atoms with Crippen LogP contribution in [-0.2, 0) is 11.3 Å². The average Bonchev–Trinajstić information content (AvgIpc) is 3.25. The molecule has 0 spiro atoms. The third-order valence-corrected chi connectivity index (χ3v) is 5.11. The van der Waals surface area contributed by atoms with Crippen LogP contribution in [0.5, 0.6) is 0 Å². The molecule has 1 aliphatic rings. The van der Waals surface area contributed by atoms with Crippen molar-refractivity contribution < 1.29 is 9.32 Å². The quantitative estimate of drug-likeness (QED) is 0.678. The van der Waals surface area contributed by atoms with E-state index < -0.39 is 0 Å². The third-order valence-electron chi connectivity index (χ3n) is 4.74. The van der Waals surface area contributed by atoms with E-state index in [-0.39, 0.29) is 11.9 Å². The largest absolute Gasteiger partial charge is 0.337 e. The fourth-order valence-electron chi connectivity index (χ4n) is 3.30. The fourth-order valence-corrected chi connectivity index (χ4v) is 3.50. The zero-order valence-electron chi connectivity index (χ0n) is 14.4. The summed E-state index contributed by atoms with van der Waals surface area (Å²) in [5.41, 5.74) is 2.92. The van der Waals surface area contributed by atoms with Crippen molar-refractivity contribution in [3.05, 3.63) is 70.6 Å². The summed E-state index contributed by atoms with van der Waals surface area (Å²) in [4.78, 5) is 18.7. The number of nitrogens with zero attached hydrogens (tertiary/aromatic N) is 3. The van der Waals surface area contributed by atoms with Crippen molar-refractivity contribution in [1.82, 2.24) is 15.0 Å². The first-order chi connectivity index (χ1) is 12.6. The minimum Gasteiger partial charge on any atom is -0.337 e. The summed E-state index contributed by atoms with van der Waals surface area (Å²) in [6.45, 7) is 2.44. The second-order valence-corrected chi connectivity index (χ2v) is 6.85. The van der Waals surface area contributed by atoms with E-state index in [0.29, 0.717) is 36.1 Å². The molecule has 1 unspecified atom stereocenters. The molecule has 132 valence electrons. The number of aryl methyl sites for hydroxylation is 1. The van der Waals surface area contributed by atoms with Crippen LogP contribution in [0.4, 0.5) is 0 Å². The van der Waals surface area contributed by atoms with E-state index in [4.69, 9.17) is 16.1 Å². The molecule has 1 atom stereocenters. The number of carbonyl (C=O) groups is 1. The summed E-state index contributed by atoms with van der Waals surface area (Å²) >= 11 is 6.26. The van der Waals surface area contributed by atoms with Gasteiger partial charge in [0.25, 0.3) is 0 Å². The van der Waals surface area contributed by atoms with Gasteiger partial charge in [-0.05, 0) is 30.5 Å². The summed E-state index contributed by atoms with van der Waals surface area (Å²) in [5.74, 6) is 1.10. The number of aromatic nitrogens is 2. The molecule has 1 aromatic heterocycles. The van der Waals surface area contributed by atoms with Crippen LogP contribution in [0.15, 0.2) is 53.1 Å². The topological polar surface area (TPSA) is 59.2 Å². The highest BCUT2D eigenvalue weighted by Crippen LogP contribution is 2.35. The first-order valence-corrected chi connectivity index (χ1v) is 8.94. The summed E-state index contributed by atoms with van der Waals surface area (Å²) in [6, 6.07) is 15.2. The molecular weight excluding hydrogens is 350 g/mol. The monoisotopic (exact) mass is 367 g/mol. The molecule has 0 radical (unpaired) electrons. The molecule has 0 aliphatic carbocycles. The van der Waals surface area contributed by atoms with Crippen LogP contribution in [0.1, 0.15) is 35.9 Å². The van der Waals surface area contributed by atoms with Gasteiger partial charge in [0.1, 0.15) is 6.04 Å². The number of hydrogen-bond acceptors (Lipinski definition) is 4. The standard InChI is InChI=1S/C20H18ClN3O2/c1-13-6-2-4-8-15(13)19-22-20(26-23-19)17-10-11-18(25)24(17)12-14-7-3-5-9-16(14)21/h2-9,17H,10-12H2,1H3. The van der Waals surface area contributed by atoms with E-state index in [0.717, 1.165) is 16.7 Å². The van der Waals surface area contributed by atoms with Gasteiger partial charge in [0.2, 0.25) is 17.6 Å². The van der Waals surface area contributed by atoms with Gasteiger partial charge in [-0.25, -0.2) is 0 Å². The van der Waals surface area contributed by atoms with Crippen LogP contribution in [0.2, 0.25) is 5.02 Å². The summed E-state index contributed by atoms with van der Waals surface area (Å²) < 4.78 is 5.52. The Morgan fingerprint density at radius 1 is 1.19 bits per heavy atom. The van der Waals surface area contributed by atoms with Gasteiger partial charge in [-0.15, -0.1) is 0 Å². The van der Waals surface area contributed by atoms with E-state index in [2.05, 4.69) is 10.1 Å². The first kappa shape index (κ1) is 16.8. The molecule has 3 aromatic rings. The number of amides is 1. The predicted octanol–water partition coefficient (Wildman–Crippen LogP) is 4.56. The lowest BCUT2D eigenvalue weighted by atomic mass is 10.1. The molecule has 4 rings (SSSR count). The average molecular weight is 368 g/mol. The number of likely N-dealkylation sites (tertiary alicyclic amines) is 1. The molecule has 0 N–H and O–H groups in total. The number of rotatable bonds is 4. The second-order valence-electron chi connectivity index (χ2n) is 6.44. The van der Waals surface area contributed by atoms with Crippen molar-refractivity contribution in [3.8, 4) is 11.4 Å². The van der Waals surface area contributed by atoms with Crippen LogP contribution >= 0.6 is 11.6 Å². The van der Waals surface area contributed by atoms with E-state index in [1.165, 1.54) is 0 Å². The molecule has 1 amide bonds. The lowest BCUT2D eigenvalue weighted by Crippen LogP contribution is -2.27. The summed E-state index contributed by atoms with van der Waals surface area (Å²) in [5, 5.41) is 4.78. The molecule has 0 saturated carbocycles. The Labute approximate surface area is 156 Å². The van der Waals surface area contributed by atoms with Crippen molar-refractivity contribution in [1.29, 1.82) is 0 Å². The Bertz CT molecular complexity index is 953. The van der Waals surface area contributed by atoms with Crippen molar-refractivity contribution in [3.63, 3.8) is 0 Å². The van der Waals surface area contributed by atoms with Gasteiger partial charge >= 0.3 is 0 Å². The predicted molar refractivity (Wildman–Crippen MR) is 98.4 cm³/mol. The van der Waals surface area contributed by atoms with Gasteiger partial charge in [-0.2, -0.15) is 4.98 Å². The molecule has 1 fully saturated rings. The third kappa shape index (κ3) is 3.10. The second kappa shape index (κ2) is 6.92. The Morgan fingerprint density at radius 2 is 1.96 bits per heavy atom. The molecule has 5 nitrogen and oxygen atoms in total. The number of halogens is 1. The Balaban J connectivity index is 1.62. The minimum atomic E-state index is -0.218. The number of carbonyl (C=O) groups excluding carboxylic acids is 1. The molecule has 26 heavy (non-hydrogen) atoms. The SMILES string of the molecule is Cc1ccccc1-c1noc(C2CCC(=O)N2Cc2ccccc2Cl)n1. The number of benzene rings is 2. The van der Waals surface area contributed by atoms with Gasteiger partial charge in [0.05, 0.1) is 0 Å². The van der Waals surface area contributed by atoms with E-state index in [1.54, 1.807) is 4.90 Å². The van der Waals surface area contributed by atoms with Crippen molar-refractivity contribution in [2.24, 2.45) is 0 Å². The molecule has 0 bridgehead atoms. The van der Waals surface area contributed by atoms with E-state index in [9.17, 15) is 4.79 Å². The maximum Gasteiger partial charge on any atom is 0.249 e. The summed E-state index contributed by atoms with van der Waals surface area (Å²) in [7, 11) is 0. The Kier molecular flexibility index (Phi) is 4.47. The van der Waals surface area contributed by atoms with Crippen LogP contribution in [0.25, 0.3) is 11.4 Å². The minimum absolute atomic E-state index is 0.0746. The molecular formula is C20H18ClN3O2. The van der Waals surface area contributed by atoms with Crippen LogP contribution in [0, 0.1) is 6.92 Å². The lowest BCUT2D eigenvalue weighted by Gasteiger charge is -2.22. The van der Waals surface area contributed by atoms with Crippen molar-refractivity contribution >= 4 is 17.5 Å². The van der Waals surface area contributed by atoms with Gasteiger partial charge in [-0.1, -0.05) is 59.2 Å². The van der Waals surface area contributed by atoms with Crippen LogP contribution < -0.4 is 0 Å². The highest BCUT2D eigenvalue weighted by atomic mass is 35.5. The van der Waals surface area contributed by atoms with Crippen molar-refractivity contribution in [2.45, 2.75) is 32.4 Å². The van der Waals surface area contributed by atoms with Gasteiger partial charge in [0, 0.05) is 23.6 Å². The normalized spacial score (nSPS) is 17.1. The van der Waals surface area contributed by atoms with Crippen molar-refractivity contribution in [2.75, 3.05) is 0 Å². The van der Waals surface area contributed by atoms with E-state index in [1.807, 2.05) is 55.5 Å². The van der Waals surface area contributed by atoms with Gasteiger partial charge < -0.3 is 9.42 Å². The fraction of sp³-hybridized carbons (Fsp3) is 0.250. The first-order valence-electron chi connectivity index (χ1n) is 8.56. The maximum absolute atomic E-state index is 12.4. The molecule has 1 saturated heterocycles. The van der Waals surface area contributed by atoms with E-state index >= 15 is 0 Å². The smallest absolute Gasteiger partial charge is 0.249 e. The van der Waals surface area contributed by atoms with Crippen LogP contribution in [-0.4, -0.2) is 20.9 Å². The molecule has 1 aliphatic heterocycles. The van der Waals surface area contributed by atoms with Gasteiger partial charge in [-0.3, -0.25) is 4.79 Å². The molecule has 6 heteroatoms. The highest BCUT2D eigenvalue weighted by molar-refractivity contribution is 6.31.